The molecule has 2 saturated heterocycles. The minimum absolute atomic E-state index is 0.125. The van der Waals surface area contributed by atoms with Crippen molar-refractivity contribution >= 4 is 6.09 Å². The third kappa shape index (κ3) is 5.93. The van der Waals surface area contributed by atoms with Gasteiger partial charge in [-0.05, 0) is 33.3 Å². The first-order chi connectivity index (χ1) is 13.3. The van der Waals surface area contributed by atoms with Crippen LogP contribution in [0.5, 0.6) is 0 Å². The number of amides is 1. The van der Waals surface area contributed by atoms with Crippen molar-refractivity contribution in [2.45, 2.75) is 51.9 Å². The lowest BCUT2D eigenvalue weighted by molar-refractivity contribution is -0.0295. The number of carbonyl (C=O) groups excluding carboxylic acids is 1. The van der Waals surface area contributed by atoms with Crippen LogP contribution < -0.4 is 0 Å². The number of hydrogen-bond acceptors (Lipinski definition) is 5. The average Bonchev–Trinajstić information content (AvgIpc) is 2.64. The number of carbonyl (C=O) groups is 1. The van der Waals surface area contributed by atoms with E-state index in [1.807, 2.05) is 25.7 Å². The van der Waals surface area contributed by atoms with E-state index in [1.165, 1.54) is 5.56 Å². The molecule has 2 heterocycles. The lowest BCUT2D eigenvalue weighted by Crippen LogP contribution is -2.62. The van der Waals surface area contributed by atoms with E-state index in [2.05, 4.69) is 47.1 Å². The van der Waals surface area contributed by atoms with E-state index in [-0.39, 0.29) is 18.2 Å². The predicted octanol–water partition coefficient (Wildman–Crippen LogP) is 2.83. The highest BCUT2D eigenvalue weighted by atomic mass is 16.6. The Kier molecular flexibility index (Phi) is 6.96. The van der Waals surface area contributed by atoms with Gasteiger partial charge in [-0.15, -0.1) is 0 Å². The Balaban J connectivity index is 1.72. The van der Waals surface area contributed by atoms with Gasteiger partial charge in [-0.25, -0.2) is 4.79 Å². The highest BCUT2D eigenvalue weighted by Gasteiger charge is 2.37. The SMILES string of the molecule is CC1CN(Cc2ccccc2)C(CN2CCOCC2)CN1C(=O)OC(C)(C)C. The van der Waals surface area contributed by atoms with Crippen LogP contribution in [0.2, 0.25) is 0 Å². The highest BCUT2D eigenvalue weighted by Crippen LogP contribution is 2.22. The van der Waals surface area contributed by atoms with Crippen molar-refractivity contribution in [1.29, 1.82) is 0 Å². The van der Waals surface area contributed by atoms with Gasteiger partial charge < -0.3 is 14.4 Å². The molecule has 2 aliphatic rings. The van der Waals surface area contributed by atoms with Gasteiger partial charge in [0.25, 0.3) is 0 Å². The van der Waals surface area contributed by atoms with Gasteiger partial charge in [0.1, 0.15) is 5.60 Å². The summed E-state index contributed by atoms with van der Waals surface area (Å²) < 4.78 is 11.2. The van der Waals surface area contributed by atoms with E-state index in [4.69, 9.17) is 9.47 Å². The fourth-order valence-electron chi connectivity index (χ4n) is 3.95. The minimum Gasteiger partial charge on any atom is -0.444 e. The molecule has 6 heteroatoms. The lowest BCUT2D eigenvalue weighted by Gasteiger charge is -2.47. The van der Waals surface area contributed by atoms with Crippen molar-refractivity contribution < 1.29 is 14.3 Å². The molecule has 0 aromatic heterocycles. The molecule has 2 aliphatic heterocycles. The van der Waals surface area contributed by atoms with Crippen molar-refractivity contribution in [2.24, 2.45) is 0 Å². The summed E-state index contributed by atoms with van der Waals surface area (Å²) in [6.07, 6.45) is -0.202. The van der Waals surface area contributed by atoms with Gasteiger partial charge in [-0.3, -0.25) is 9.80 Å². The molecule has 3 rings (SSSR count). The molecule has 0 aliphatic carbocycles. The summed E-state index contributed by atoms with van der Waals surface area (Å²) in [7, 11) is 0. The van der Waals surface area contributed by atoms with Crippen molar-refractivity contribution in [3.63, 3.8) is 0 Å². The largest absolute Gasteiger partial charge is 0.444 e. The Morgan fingerprint density at radius 3 is 2.46 bits per heavy atom. The quantitative estimate of drug-likeness (QED) is 0.792. The van der Waals surface area contributed by atoms with Crippen LogP contribution in [0, 0.1) is 0 Å². The van der Waals surface area contributed by atoms with E-state index < -0.39 is 5.60 Å². The smallest absolute Gasteiger partial charge is 0.410 e. The highest BCUT2D eigenvalue weighted by molar-refractivity contribution is 5.68. The summed E-state index contributed by atoms with van der Waals surface area (Å²) in [6.45, 7) is 14.8. The van der Waals surface area contributed by atoms with E-state index in [9.17, 15) is 4.79 Å². The summed E-state index contributed by atoms with van der Waals surface area (Å²) in [5, 5.41) is 0. The standard InChI is InChI=1S/C22H35N3O3/c1-18-14-24(15-19-8-6-5-7-9-19)20(16-23-10-12-27-13-11-23)17-25(18)21(26)28-22(2,3)4/h5-9,18,20H,10-17H2,1-4H3. The Morgan fingerprint density at radius 1 is 1.14 bits per heavy atom. The average molecular weight is 390 g/mol. The fraction of sp³-hybridized carbons (Fsp3) is 0.682. The predicted molar refractivity (Wildman–Crippen MR) is 110 cm³/mol. The zero-order chi connectivity index (χ0) is 20.1. The van der Waals surface area contributed by atoms with E-state index in [1.54, 1.807) is 0 Å². The first kappa shape index (κ1) is 21.1. The molecule has 1 amide bonds. The fourth-order valence-corrected chi connectivity index (χ4v) is 3.95. The van der Waals surface area contributed by atoms with Gasteiger partial charge in [-0.1, -0.05) is 30.3 Å². The minimum atomic E-state index is -0.475. The van der Waals surface area contributed by atoms with E-state index in [0.29, 0.717) is 6.54 Å². The normalized spacial score (nSPS) is 24.9. The van der Waals surface area contributed by atoms with Gasteiger partial charge in [0, 0.05) is 51.4 Å². The van der Waals surface area contributed by atoms with Crippen LogP contribution in [0.15, 0.2) is 30.3 Å². The molecule has 2 atom stereocenters. The number of piperazine rings is 1. The Labute approximate surface area is 169 Å². The molecule has 2 unspecified atom stereocenters. The third-order valence-corrected chi connectivity index (χ3v) is 5.38. The van der Waals surface area contributed by atoms with Crippen molar-refractivity contribution in [1.82, 2.24) is 14.7 Å². The summed E-state index contributed by atoms with van der Waals surface area (Å²) in [4.78, 5) is 19.7. The molecule has 1 aromatic carbocycles. The Morgan fingerprint density at radius 2 is 1.82 bits per heavy atom. The molecule has 156 valence electrons. The molecule has 2 fully saturated rings. The number of rotatable bonds is 4. The Bertz CT molecular complexity index is 626. The second kappa shape index (κ2) is 9.25. The molecule has 0 bridgehead atoms. The zero-order valence-corrected chi connectivity index (χ0v) is 17.8. The van der Waals surface area contributed by atoms with Crippen LogP contribution in [-0.2, 0) is 16.0 Å². The lowest BCUT2D eigenvalue weighted by atomic mass is 10.0. The zero-order valence-electron chi connectivity index (χ0n) is 17.8. The summed E-state index contributed by atoms with van der Waals surface area (Å²) in [5.74, 6) is 0. The maximum absolute atomic E-state index is 12.8. The topological polar surface area (TPSA) is 45.2 Å². The third-order valence-electron chi connectivity index (χ3n) is 5.38. The van der Waals surface area contributed by atoms with Gasteiger partial charge in [0.05, 0.1) is 13.2 Å². The van der Waals surface area contributed by atoms with Gasteiger partial charge >= 0.3 is 6.09 Å². The second-order valence-corrected chi connectivity index (χ2v) is 8.96. The first-order valence-corrected chi connectivity index (χ1v) is 10.4. The second-order valence-electron chi connectivity index (χ2n) is 8.96. The van der Waals surface area contributed by atoms with Crippen molar-refractivity contribution in [3.05, 3.63) is 35.9 Å². The number of benzene rings is 1. The maximum atomic E-state index is 12.8. The molecule has 0 radical (unpaired) electrons. The van der Waals surface area contributed by atoms with E-state index in [0.717, 1.165) is 45.9 Å². The molecular weight excluding hydrogens is 354 g/mol. The van der Waals surface area contributed by atoms with Crippen LogP contribution in [0.3, 0.4) is 0 Å². The van der Waals surface area contributed by atoms with Gasteiger partial charge in [-0.2, -0.15) is 0 Å². The van der Waals surface area contributed by atoms with Crippen LogP contribution >= 0.6 is 0 Å². The van der Waals surface area contributed by atoms with Crippen molar-refractivity contribution in [3.8, 4) is 0 Å². The maximum Gasteiger partial charge on any atom is 0.410 e. The molecule has 0 N–H and O–H groups in total. The number of hydrogen-bond donors (Lipinski definition) is 0. The first-order valence-electron chi connectivity index (χ1n) is 10.4. The van der Waals surface area contributed by atoms with Crippen LogP contribution in [0.4, 0.5) is 4.79 Å². The van der Waals surface area contributed by atoms with Crippen LogP contribution in [-0.4, -0.2) is 84.4 Å². The van der Waals surface area contributed by atoms with Crippen LogP contribution in [0.1, 0.15) is 33.3 Å². The van der Waals surface area contributed by atoms with Crippen molar-refractivity contribution in [2.75, 3.05) is 45.9 Å². The van der Waals surface area contributed by atoms with E-state index >= 15 is 0 Å². The molecule has 1 aromatic rings. The number of nitrogens with zero attached hydrogens (tertiary/aromatic N) is 3. The summed E-state index contributed by atoms with van der Waals surface area (Å²) in [5.41, 5.74) is 0.838. The molecule has 0 spiro atoms. The summed E-state index contributed by atoms with van der Waals surface area (Å²) >= 11 is 0. The Hall–Kier alpha value is -1.63. The summed E-state index contributed by atoms with van der Waals surface area (Å²) in [6, 6.07) is 11.0. The van der Waals surface area contributed by atoms with Crippen LogP contribution in [0.25, 0.3) is 0 Å². The van der Waals surface area contributed by atoms with Gasteiger partial charge in [0.15, 0.2) is 0 Å². The number of morpholine rings is 1. The molecule has 0 saturated carbocycles. The molecule has 28 heavy (non-hydrogen) atoms. The molecule has 6 nitrogen and oxygen atoms in total. The monoisotopic (exact) mass is 389 g/mol. The van der Waals surface area contributed by atoms with Gasteiger partial charge in [0.2, 0.25) is 0 Å². The molecular formula is C22H35N3O3. The number of ether oxygens (including phenoxy) is 2.